The van der Waals surface area contributed by atoms with E-state index in [9.17, 15) is 0 Å². The minimum absolute atomic E-state index is 0. The van der Waals surface area contributed by atoms with Crippen molar-refractivity contribution in [1.29, 1.82) is 0 Å². The summed E-state index contributed by atoms with van der Waals surface area (Å²) in [6.07, 6.45) is 0. The molecule has 0 bridgehead atoms. The van der Waals surface area contributed by atoms with Crippen molar-refractivity contribution in [3.05, 3.63) is 0 Å². The van der Waals surface area contributed by atoms with Crippen LogP contribution in [-0.2, 0) is 4.57 Å². The van der Waals surface area contributed by atoms with E-state index in [0.717, 1.165) is 0 Å². The van der Waals surface area contributed by atoms with Crippen LogP contribution < -0.4 is 6.15 Å². The highest BCUT2D eigenvalue weighted by Gasteiger charge is 2.18. The van der Waals surface area contributed by atoms with Crippen LogP contribution in [0.1, 0.15) is 0 Å². The molecular formula is H7B2NO5. The zero-order valence-electron chi connectivity index (χ0n) is 4.06. The van der Waals surface area contributed by atoms with Gasteiger partial charge in [-0.15, -0.1) is 0 Å². The first kappa shape index (κ1) is 10.8. The van der Waals surface area contributed by atoms with Gasteiger partial charge in [0, 0.05) is 0 Å². The van der Waals surface area contributed by atoms with E-state index in [1.165, 1.54) is 0 Å². The number of hydrogen-bond acceptors (Lipinski definition) is 6. The van der Waals surface area contributed by atoms with E-state index in [1.807, 2.05) is 0 Å². The molecule has 0 unspecified atom stereocenters. The lowest BCUT2D eigenvalue weighted by Gasteiger charge is -1.95. The second-order valence-electron chi connectivity index (χ2n) is 0.789. The maximum atomic E-state index is 7.74. The van der Waals surface area contributed by atoms with Gasteiger partial charge in [-0.05, 0) is 0 Å². The lowest BCUT2D eigenvalue weighted by Crippen LogP contribution is -2.28. The Labute approximate surface area is 46.7 Å². The molecule has 0 radical (unpaired) electrons. The van der Waals surface area contributed by atoms with Crippen molar-refractivity contribution in [2.75, 3.05) is 0 Å². The third-order valence-corrected chi connectivity index (χ3v) is 0.243. The highest BCUT2D eigenvalue weighted by molar-refractivity contribution is 6.48. The van der Waals surface area contributed by atoms with Gasteiger partial charge >= 0.3 is 14.6 Å². The summed E-state index contributed by atoms with van der Waals surface area (Å²) in [5, 5.41) is 30.9. The normalized spacial score (nSPS) is 7.50. The molecule has 0 spiro atoms. The van der Waals surface area contributed by atoms with Gasteiger partial charge in [-0.1, -0.05) is 0 Å². The predicted octanol–water partition coefficient (Wildman–Crippen LogP) is -2.90. The molecule has 0 saturated heterocycles. The summed E-state index contributed by atoms with van der Waals surface area (Å²) in [6, 6.07) is 0. The summed E-state index contributed by atoms with van der Waals surface area (Å²) < 4.78 is 3.47. The summed E-state index contributed by atoms with van der Waals surface area (Å²) in [7, 11) is -4.25. The Morgan fingerprint density at radius 3 is 1.12 bits per heavy atom. The van der Waals surface area contributed by atoms with Crippen molar-refractivity contribution >= 4 is 14.6 Å². The van der Waals surface area contributed by atoms with Crippen LogP contribution in [0.5, 0.6) is 0 Å². The molecule has 8 heteroatoms. The molecule has 48 valence electrons. The number of rotatable bonds is 2. The van der Waals surface area contributed by atoms with Crippen LogP contribution in [0.25, 0.3) is 0 Å². The summed E-state index contributed by atoms with van der Waals surface area (Å²) in [6.45, 7) is 0. The summed E-state index contributed by atoms with van der Waals surface area (Å²) in [5.41, 5.74) is 0. The van der Waals surface area contributed by atoms with E-state index in [0.29, 0.717) is 0 Å². The molecule has 0 atom stereocenters. The van der Waals surface area contributed by atoms with Crippen molar-refractivity contribution in [2.24, 2.45) is 0 Å². The molecule has 0 aliphatic rings. The van der Waals surface area contributed by atoms with Gasteiger partial charge in [0.1, 0.15) is 0 Å². The molecule has 6 nitrogen and oxygen atoms in total. The first-order valence-corrected chi connectivity index (χ1v) is 1.50. The van der Waals surface area contributed by atoms with Gasteiger partial charge < -0.3 is 30.8 Å². The number of hydrogen-bond donors (Lipinski definition) is 5. The van der Waals surface area contributed by atoms with Gasteiger partial charge in [0.2, 0.25) is 0 Å². The van der Waals surface area contributed by atoms with E-state index in [4.69, 9.17) is 20.1 Å². The molecular weight excluding hydrogens is 116 g/mol. The molecule has 0 amide bonds. The van der Waals surface area contributed by atoms with E-state index < -0.39 is 14.6 Å². The lowest BCUT2D eigenvalue weighted by atomic mass is 10.1. The van der Waals surface area contributed by atoms with Crippen LogP contribution in [-0.4, -0.2) is 34.7 Å². The fourth-order valence-electron chi connectivity index (χ4n) is 0.109. The van der Waals surface area contributed by atoms with E-state index in [1.54, 1.807) is 0 Å². The van der Waals surface area contributed by atoms with Crippen molar-refractivity contribution in [2.45, 2.75) is 0 Å². The minimum atomic E-state index is -2.13. The molecule has 0 saturated carbocycles. The minimum Gasteiger partial charge on any atom is -0.402 e. The Hall–Kier alpha value is -0.110. The highest BCUT2D eigenvalue weighted by Crippen LogP contribution is 1.73. The molecule has 8 heavy (non-hydrogen) atoms. The maximum Gasteiger partial charge on any atom is 0.621 e. The van der Waals surface area contributed by atoms with Crippen LogP contribution in [0.15, 0.2) is 0 Å². The monoisotopic (exact) mass is 123 g/mol. The smallest absolute Gasteiger partial charge is 0.402 e. The lowest BCUT2D eigenvalue weighted by molar-refractivity contribution is 0.213. The van der Waals surface area contributed by atoms with Crippen LogP contribution in [0.2, 0.25) is 0 Å². The Balaban J connectivity index is 0. The molecule has 0 aromatic rings. The second-order valence-corrected chi connectivity index (χ2v) is 0.789. The summed E-state index contributed by atoms with van der Waals surface area (Å²) in [4.78, 5) is 0. The van der Waals surface area contributed by atoms with Crippen LogP contribution in [0.3, 0.4) is 0 Å². The van der Waals surface area contributed by atoms with Gasteiger partial charge in [-0.3, -0.25) is 0 Å². The first-order valence-electron chi connectivity index (χ1n) is 1.50. The van der Waals surface area contributed by atoms with E-state index >= 15 is 0 Å². The highest BCUT2D eigenvalue weighted by atomic mass is 16.7. The fraction of sp³-hybridized carbons (Fsp3) is 0. The third kappa shape index (κ3) is 9.31. The quantitative estimate of drug-likeness (QED) is 0.250. The van der Waals surface area contributed by atoms with E-state index in [-0.39, 0.29) is 6.15 Å². The maximum absolute atomic E-state index is 7.74. The van der Waals surface area contributed by atoms with Gasteiger partial charge in [0.15, 0.2) is 0 Å². The molecule has 0 aromatic heterocycles. The second kappa shape index (κ2) is 5.04. The average Bonchev–Trinajstić information content (AvgIpc) is 1.27. The Kier molecular flexibility index (Phi) is 6.80. The molecule has 7 N–H and O–H groups in total. The SMILES string of the molecule is N.OB(O)OB(O)O. The van der Waals surface area contributed by atoms with Gasteiger partial charge in [0.05, 0.1) is 0 Å². The Morgan fingerprint density at radius 2 is 1.12 bits per heavy atom. The zero-order valence-corrected chi connectivity index (χ0v) is 4.06. The van der Waals surface area contributed by atoms with Crippen molar-refractivity contribution < 1.29 is 24.7 Å². The molecule has 0 aliphatic heterocycles. The van der Waals surface area contributed by atoms with Crippen LogP contribution in [0.4, 0.5) is 0 Å². The topological polar surface area (TPSA) is 125 Å². The Morgan fingerprint density at radius 1 is 0.875 bits per heavy atom. The molecule has 0 aromatic carbocycles. The van der Waals surface area contributed by atoms with Crippen LogP contribution in [0, 0.1) is 0 Å². The third-order valence-electron chi connectivity index (χ3n) is 0.243. The van der Waals surface area contributed by atoms with Crippen molar-refractivity contribution in [3.63, 3.8) is 0 Å². The largest absolute Gasteiger partial charge is 0.621 e. The molecule has 0 rings (SSSR count). The molecule has 0 aliphatic carbocycles. The standard InChI is InChI=1S/B2H4O5.H3N/c3-1(4)7-2(5)6;/h3-6H;1H3. The van der Waals surface area contributed by atoms with Crippen molar-refractivity contribution in [3.8, 4) is 0 Å². The summed E-state index contributed by atoms with van der Waals surface area (Å²) >= 11 is 0. The Bertz CT molecular complexity index is 39.7. The molecule has 0 fully saturated rings. The van der Waals surface area contributed by atoms with Crippen molar-refractivity contribution in [1.82, 2.24) is 6.15 Å². The predicted molar refractivity (Wildman–Crippen MR) is 26.5 cm³/mol. The first-order chi connectivity index (χ1) is 3.13. The summed E-state index contributed by atoms with van der Waals surface area (Å²) in [5.74, 6) is 0. The average molecular weight is 123 g/mol. The van der Waals surface area contributed by atoms with E-state index in [2.05, 4.69) is 4.57 Å². The fourth-order valence-corrected chi connectivity index (χ4v) is 0.109. The molecule has 0 heterocycles. The van der Waals surface area contributed by atoms with Gasteiger partial charge in [-0.25, -0.2) is 0 Å². The van der Waals surface area contributed by atoms with Gasteiger partial charge in [-0.2, -0.15) is 0 Å². The van der Waals surface area contributed by atoms with Crippen LogP contribution >= 0.6 is 0 Å². The van der Waals surface area contributed by atoms with Gasteiger partial charge in [0.25, 0.3) is 0 Å². The zero-order chi connectivity index (χ0) is 5.86.